The van der Waals surface area contributed by atoms with Crippen molar-refractivity contribution in [1.82, 2.24) is 15.1 Å². The molecule has 0 saturated carbocycles. The Morgan fingerprint density at radius 2 is 2.07 bits per heavy atom. The molecule has 1 atom stereocenters. The van der Waals surface area contributed by atoms with Gasteiger partial charge in [0.15, 0.2) is 0 Å². The third-order valence-corrected chi connectivity index (χ3v) is 6.80. The molecule has 0 bridgehead atoms. The number of hydrogen-bond acceptors (Lipinski definition) is 6. The van der Waals surface area contributed by atoms with Gasteiger partial charge in [-0.1, -0.05) is 35.9 Å². The molecule has 0 radical (unpaired) electrons. The van der Waals surface area contributed by atoms with Crippen LogP contribution >= 0.6 is 23.1 Å². The summed E-state index contributed by atoms with van der Waals surface area (Å²) >= 11 is 3.11. The van der Waals surface area contributed by atoms with Gasteiger partial charge in [0.25, 0.3) is 5.22 Å². The molecule has 4 rings (SSSR count). The molecule has 3 heterocycles. The van der Waals surface area contributed by atoms with Crippen LogP contribution in [-0.4, -0.2) is 33.3 Å². The molecule has 1 amide bonds. The van der Waals surface area contributed by atoms with Gasteiger partial charge < -0.3 is 9.32 Å². The van der Waals surface area contributed by atoms with E-state index >= 15 is 0 Å². The van der Waals surface area contributed by atoms with E-state index in [1.54, 1.807) is 11.3 Å². The van der Waals surface area contributed by atoms with Gasteiger partial charge in [-0.2, -0.15) is 0 Å². The number of benzene rings is 1. The zero-order chi connectivity index (χ0) is 19.7. The van der Waals surface area contributed by atoms with Crippen molar-refractivity contribution in [2.75, 3.05) is 12.3 Å². The van der Waals surface area contributed by atoms with Gasteiger partial charge >= 0.3 is 0 Å². The van der Waals surface area contributed by atoms with E-state index in [1.165, 1.54) is 22.2 Å². The molecule has 5 nitrogen and oxygen atoms in total. The summed E-state index contributed by atoms with van der Waals surface area (Å²) in [5, 5.41) is 10.8. The maximum absolute atomic E-state index is 12.9. The summed E-state index contributed by atoms with van der Waals surface area (Å²) in [6.45, 7) is 7.01. The van der Waals surface area contributed by atoms with Crippen molar-refractivity contribution in [3.63, 3.8) is 0 Å². The van der Waals surface area contributed by atoms with Crippen molar-refractivity contribution < 1.29 is 9.21 Å². The summed E-state index contributed by atoms with van der Waals surface area (Å²) in [6, 6.07) is 8.50. The highest BCUT2D eigenvalue weighted by Gasteiger charge is 2.30. The van der Waals surface area contributed by atoms with Crippen LogP contribution in [-0.2, 0) is 11.2 Å². The number of thiophene rings is 1. The highest BCUT2D eigenvalue weighted by Crippen LogP contribution is 2.36. The molecule has 1 aromatic carbocycles. The Kier molecular flexibility index (Phi) is 5.55. The third kappa shape index (κ3) is 3.86. The maximum Gasteiger partial charge on any atom is 0.277 e. The second-order valence-corrected chi connectivity index (χ2v) is 9.03. The molecule has 2 aromatic heterocycles. The first-order chi connectivity index (χ1) is 13.5. The van der Waals surface area contributed by atoms with E-state index in [-0.39, 0.29) is 11.9 Å². The normalized spacial score (nSPS) is 16.2. The summed E-state index contributed by atoms with van der Waals surface area (Å²) < 4.78 is 5.79. The van der Waals surface area contributed by atoms with Crippen LogP contribution in [0.1, 0.15) is 41.0 Å². The quantitative estimate of drug-likeness (QED) is 0.548. The molecule has 7 heteroatoms. The van der Waals surface area contributed by atoms with Gasteiger partial charge in [0.05, 0.1) is 11.8 Å². The fourth-order valence-electron chi connectivity index (χ4n) is 3.82. The number of thioether (sulfide) groups is 1. The van der Waals surface area contributed by atoms with Gasteiger partial charge in [-0.15, -0.1) is 21.5 Å². The molecule has 146 valence electrons. The van der Waals surface area contributed by atoms with E-state index in [0.29, 0.717) is 16.9 Å². The van der Waals surface area contributed by atoms with Crippen LogP contribution in [0.5, 0.6) is 0 Å². The van der Waals surface area contributed by atoms with Gasteiger partial charge in [0.2, 0.25) is 11.8 Å². The van der Waals surface area contributed by atoms with Gasteiger partial charge in [-0.3, -0.25) is 4.79 Å². The largest absolute Gasteiger partial charge is 0.411 e. The number of carbonyl (C=O) groups is 1. The fourth-order valence-corrected chi connectivity index (χ4v) is 5.40. The number of nitrogens with zero attached hydrogens (tertiary/aromatic N) is 3. The fraction of sp³-hybridized carbons (Fsp3) is 0.381. The molecular weight excluding hydrogens is 390 g/mol. The molecule has 28 heavy (non-hydrogen) atoms. The maximum atomic E-state index is 12.9. The smallest absolute Gasteiger partial charge is 0.277 e. The SMILES string of the molecule is CCC1c2ccsc2CCN1C(=O)CSc1nnc(-c2cc(C)cc(C)c2)o1. The van der Waals surface area contributed by atoms with Crippen LogP contribution in [0.3, 0.4) is 0 Å². The lowest BCUT2D eigenvalue weighted by Crippen LogP contribution is -2.40. The minimum absolute atomic E-state index is 0.125. The second kappa shape index (κ2) is 8.09. The van der Waals surface area contributed by atoms with Crippen LogP contribution in [0.25, 0.3) is 11.5 Å². The van der Waals surface area contributed by atoms with Crippen molar-refractivity contribution in [3.05, 3.63) is 51.2 Å². The van der Waals surface area contributed by atoms with E-state index in [1.807, 2.05) is 30.9 Å². The summed E-state index contributed by atoms with van der Waals surface area (Å²) in [6.07, 6.45) is 1.87. The predicted octanol–water partition coefficient (Wildman–Crippen LogP) is 5.04. The molecule has 1 aliphatic rings. The van der Waals surface area contributed by atoms with Crippen molar-refractivity contribution in [2.45, 2.75) is 44.9 Å². The molecule has 0 saturated heterocycles. The number of carbonyl (C=O) groups excluding carboxylic acids is 1. The Balaban J connectivity index is 1.42. The summed E-state index contributed by atoms with van der Waals surface area (Å²) in [5.41, 5.74) is 4.53. The summed E-state index contributed by atoms with van der Waals surface area (Å²) in [5.74, 6) is 0.929. The Morgan fingerprint density at radius 3 is 2.82 bits per heavy atom. The lowest BCUT2D eigenvalue weighted by molar-refractivity contribution is -0.131. The second-order valence-electron chi connectivity index (χ2n) is 7.10. The lowest BCUT2D eigenvalue weighted by Gasteiger charge is -2.35. The number of aromatic nitrogens is 2. The van der Waals surface area contributed by atoms with Gasteiger partial charge in [-0.05, 0) is 55.8 Å². The average Bonchev–Trinajstić information content (AvgIpc) is 3.33. The molecule has 3 aromatic rings. The highest BCUT2D eigenvalue weighted by molar-refractivity contribution is 7.99. The molecule has 0 fully saturated rings. The summed E-state index contributed by atoms with van der Waals surface area (Å²) in [4.78, 5) is 16.3. The number of aryl methyl sites for hydroxylation is 2. The van der Waals surface area contributed by atoms with Crippen LogP contribution in [0.15, 0.2) is 39.3 Å². The minimum atomic E-state index is 0.125. The summed E-state index contributed by atoms with van der Waals surface area (Å²) in [7, 11) is 0. The van der Waals surface area contributed by atoms with E-state index in [4.69, 9.17) is 4.42 Å². The molecule has 0 aliphatic carbocycles. The number of fused-ring (bicyclic) bond motifs is 1. The van der Waals surface area contributed by atoms with Crippen molar-refractivity contribution in [3.8, 4) is 11.5 Å². The van der Waals surface area contributed by atoms with Crippen LogP contribution in [0, 0.1) is 13.8 Å². The molecule has 1 unspecified atom stereocenters. The van der Waals surface area contributed by atoms with Gasteiger partial charge in [-0.25, -0.2) is 0 Å². The first kappa shape index (κ1) is 19.2. The van der Waals surface area contributed by atoms with Gasteiger partial charge in [0.1, 0.15) is 0 Å². The van der Waals surface area contributed by atoms with E-state index in [9.17, 15) is 4.79 Å². The van der Waals surface area contributed by atoms with Crippen molar-refractivity contribution >= 4 is 29.0 Å². The minimum Gasteiger partial charge on any atom is -0.411 e. The topological polar surface area (TPSA) is 59.2 Å². The third-order valence-electron chi connectivity index (χ3n) is 5.00. The Hall–Kier alpha value is -2.12. The van der Waals surface area contributed by atoms with Crippen LogP contribution < -0.4 is 0 Å². The Labute approximate surface area is 173 Å². The van der Waals surface area contributed by atoms with Crippen molar-refractivity contribution in [1.29, 1.82) is 0 Å². The number of amides is 1. The Morgan fingerprint density at radius 1 is 1.29 bits per heavy atom. The number of rotatable bonds is 5. The molecule has 0 N–H and O–H groups in total. The van der Waals surface area contributed by atoms with E-state index < -0.39 is 0 Å². The lowest BCUT2D eigenvalue weighted by atomic mass is 9.98. The first-order valence-electron chi connectivity index (χ1n) is 9.46. The van der Waals surface area contributed by atoms with Crippen LogP contribution in [0.2, 0.25) is 0 Å². The van der Waals surface area contributed by atoms with Crippen LogP contribution in [0.4, 0.5) is 0 Å². The Bertz CT molecular complexity index is 975. The monoisotopic (exact) mass is 413 g/mol. The van der Waals surface area contributed by atoms with E-state index in [2.05, 4.69) is 34.6 Å². The van der Waals surface area contributed by atoms with Gasteiger partial charge in [0, 0.05) is 17.0 Å². The first-order valence-corrected chi connectivity index (χ1v) is 11.3. The zero-order valence-electron chi connectivity index (χ0n) is 16.3. The molecule has 1 aliphatic heterocycles. The van der Waals surface area contributed by atoms with Crippen molar-refractivity contribution in [2.24, 2.45) is 0 Å². The average molecular weight is 414 g/mol. The number of hydrogen-bond donors (Lipinski definition) is 0. The van der Waals surface area contributed by atoms with E-state index in [0.717, 1.165) is 36.1 Å². The molecular formula is C21H23N3O2S2. The highest BCUT2D eigenvalue weighted by atomic mass is 32.2. The standard InChI is InChI=1S/C21H23N3O2S2/c1-4-17-16-6-8-27-18(16)5-7-24(17)19(25)12-28-21-23-22-20(26-21)15-10-13(2)9-14(3)11-15/h6,8-11,17H,4-5,7,12H2,1-3H3. The predicted molar refractivity (Wildman–Crippen MR) is 113 cm³/mol. The molecule has 0 spiro atoms. The zero-order valence-corrected chi connectivity index (χ0v) is 17.9.